The molecule has 3 heterocycles. The van der Waals surface area contributed by atoms with E-state index in [2.05, 4.69) is 39.1 Å². The van der Waals surface area contributed by atoms with E-state index in [0.29, 0.717) is 39.7 Å². The van der Waals surface area contributed by atoms with E-state index in [9.17, 15) is 9.18 Å². The Morgan fingerprint density at radius 3 is 2.67 bits per heavy atom. The molecule has 30 heavy (non-hydrogen) atoms. The average Bonchev–Trinajstić information content (AvgIpc) is 3.18. The fourth-order valence-corrected chi connectivity index (χ4v) is 3.41. The standard InChI is InChI=1S/C23H22FN5O/c1-4-13(2)19-14(3)11-17(12-26-19)27-23(30)18-9-10-25-22-20(18)28-21(29-22)15-5-7-16(24)8-6-15/h5-13H,4H2,1-3H3,(H,27,30)(H,25,28,29). The zero-order chi connectivity index (χ0) is 21.3. The molecule has 0 aliphatic rings. The second-order valence-corrected chi connectivity index (χ2v) is 7.34. The molecule has 0 radical (unpaired) electrons. The molecule has 1 amide bonds. The van der Waals surface area contributed by atoms with Gasteiger partial charge in [0.1, 0.15) is 11.6 Å². The van der Waals surface area contributed by atoms with Crippen molar-refractivity contribution in [3.8, 4) is 11.4 Å². The fourth-order valence-electron chi connectivity index (χ4n) is 3.41. The summed E-state index contributed by atoms with van der Waals surface area (Å²) in [5, 5.41) is 2.91. The number of aromatic amines is 1. The van der Waals surface area contributed by atoms with Crippen LogP contribution in [0.3, 0.4) is 0 Å². The van der Waals surface area contributed by atoms with Crippen LogP contribution >= 0.6 is 0 Å². The van der Waals surface area contributed by atoms with Crippen molar-refractivity contribution in [2.45, 2.75) is 33.1 Å². The number of carbonyl (C=O) groups is 1. The van der Waals surface area contributed by atoms with E-state index in [-0.39, 0.29) is 11.7 Å². The SMILES string of the molecule is CCC(C)c1ncc(NC(=O)c2ccnc3nc(-c4ccc(F)cc4)[nH]c23)cc1C. The van der Waals surface area contributed by atoms with Gasteiger partial charge in [0.15, 0.2) is 5.65 Å². The van der Waals surface area contributed by atoms with Gasteiger partial charge in [0.05, 0.1) is 23.0 Å². The molecule has 1 unspecified atom stereocenters. The summed E-state index contributed by atoms with van der Waals surface area (Å²) in [4.78, 5) is 29.3. The Labute approximate surface area is 173 Å². The second kappa shape index (κ2) is 8.02. The third kappa shape index (κ3) is 3.78. The van der Waals surface area contributed by atoms with Crippen molar-refractivity contribution in [3.05, 3.63) is 71.4 Å². The van der Waals surface area contributed by atoms with E-state index >= 15 is 0 Å². The van der Waals surface area contributed by atoms with E-state index in [1.54, 1.807) is 30.6 Å². The highest BCUT2D eigenvalue weighted by Gasteiger charge is 2.16. The van der Waals surface area contributed by atoms with Crippen LogP contribution < -0.4 is 5.32 Å². The Morgan fingerprint density at radius 2 is 1.97 bits per heavy atom. The van der Waals surface area contributed by atoms with Gasteiger partial charge >= 0.3 is 0 Å². The molecule has 1 atom stereocenters. The average molecular weight is 403 g/mol. The van der Waals surface area contributed by atoms with Gasteiger partial charge < -0.3 is 10.3 Å². The zero-order valence-corrected chi connectivity index (χ0v) is 17.0. The number of hydrogen-bond acceptors (Lipinski definition) is 4. The highest BCUT2D eigenvalue weighted by Crippen LogP contribution is 2.24. The van der Waals surface area contributed by atoms with E-state index in [1.165, 1.54) is 12.1 Å². The second-order valence-electron chi connectivity index (χ2n) is 7.34. The van der Waals surface area contributed by atoms with Gasteiger partial charge in [-0.3, -0.25) is 9.78 Å². The fraction of sp³-hybridized carbons (Fsp3) is 0.217. The van der Waals surface area contributed by atoms with Gasteiger partial charge in [-0.1, -0.05) is 13.8 Å². The lowest BCUT2D eigenvalue weighted by atomic mass is 10.00. The Kier molecular flexibility index (Phi) is 5.27. The molecule has 0 bridgehead atoms. The van der Waals surface area contributed by atoms with E-state index in [0.717, 1.165) is 17.7 Å². The maximum Gasteiger partial charge on any atom is 0.258 e. The van der Waals surface area contributed by atoms with Gasteiger partial charge in [-0.2, -0.15) is 0 Å². The minimum atomic E-state index is -0.323. The molecule has 0 saturated heterocycles. The number of aryl methyl sites for hydroxylation is 1. The number of pyridine rings is 2. The Morgan fingerprint density at radius 1 is 1.20 bits per heavy atom. The van der Waals surface area contributed by atoms with Gasteiger partial charge in [-0.15, -0.1) is 0 Å². The molecule has 7 heteroatoms. The van der Waals surface area contributed by atoms with Crippen molar-refractivity contribution in [3.63, 3.8) is 0 Å². The van der Waals surface area contributed by atoms with Crippen molar-refractivity contribution in [1.82, 2.24) is 19.9 Å². The molecule has 0 aliphatic heterocycles. The first-order valence-corrected chi connectivity index (χ1v) is 9.84. The van der Waals surface area contributed by atoms with Crippen LogP contribution in [-0.2, 0) is 0 Å². The molecule has 0 saturated carbocycles. The molecule has 0 aliphatic carbocycles. The molecular weight excluding hydrogens is 381 g/mol. The molecule has 0 spiro atoms. The van der Waals surface area contributed by atoms with E-state index in [1.807, 2.05) is 13.0 Å². The first-order chi connectivity index (χ1) is 14.5. The summed E-state index contributed by atoms with van der Waals surface area (Å²) in [6.07, 6.45) is 4.23. The van der Waals surface area contributed by atoms with Crippen LogP contribution in [0, 0.1) is 12.7 Å². The summed E-state index contributed by atoms with van der Waals surface area (Å²) < 4.78 is 13.2. The van der Waals surface area contributed by atoms with Gasteiger partial charge in [-0.25, -0.2) is 14.4 Å². The van der Waals surface area contributed by atoms with E-state index < -0.39 is 0 Å². The van der Waals surface area contributed by atoms with Crippen LogP contribution in [0.2, 0.25) is 0 Å². The number of amides is 1. The number of benzene rings is 1. The van der Waals surface area contributed by atoms with Crippen molar-refractivity contribution >= 4 is 22.8 Å². The lowest BCUT2D eigenvalue weighted by Gasteiger charge is -2.13. The normalized spacial score (nSPS) is 12.1. The minimum absolute atomic E-state index is 0.283. The van der Waals surface area contributed by atoms with Crippen molar-refractivity contribution in [2.24, 2.45) is 0 Å². The Balaban J connectivity index is 1.63. The highest BCUT2D eigenvalue weighted by molar-refractivity contribution is 6.11. The van der Waals surface area contributed by atoms with Crippen molar-refractivity contribution in [1.29, 1.82) is 0 Å². The van der Waals surface area contributed by atoms with Gasteiger partial charge in [-0.05, 0) is 61.2 Å². The quantitative estimate of drug-likeness (QED) is 0.478. The number of anilines is 1. The third-order valence-electron chi connectivity index (χ3n) is 5.21. The van der Waals surface area contributed by atoms with Crippen molar-refractivity contribution in [2.75, 3.05) is 5.32 Å². The van der Waals surface area contributed by atoms with Crippen molar-refractivity contribution < 1.29 is 9.18 Å². The van der Waals surface area contributed by atoms with Gasteiger partial charge in [0.2, 0.25) is 0 Å². The highest BCUT2D eigenvalue weighted by atomic mass is 19.1. The molecule has 4 aromatic rings. The maximum absolute atomic E-state index is 13.2. The number of halogens is 1. The molecule has 152 valence electrons. The third-order valence-corrected chi connectivity index (χ3v) is 5.21. The first kappa shape index (κ1) is 19.7. The number of rotatable bonds is 5. The van der Waals surface area contributed by atoms with Crippen LogP contribution in [0.15, 0.2) is 48.8 Å². The summed E-state index contributed by atoms with van der Waals surface area (Å²) in [5.41, 5.74) is 4.79. The Bertz CT molecular complexity index is 1220. The lowest BCUT2D eigenvalue weighted by molar-refractivity contribution is 0.102. The van der Waals surface area contributed by atoms with Crippen LogP contribution in [-0.4, -0.2) is 25.8 Å². The molecule has 0 fully saturated rings. The van der Waals surface area contributed by atoms with Crippen LogP contribution in [0.4, 0.5) is 10.1 Å². The lowest BCUT2D eigenvalue weighted by Crippen LogP contribution is -2.13. The maximum atomic E-state index is 13.2. The predicted octanol–water partition coefficient (Wildman–Crippen LogP) is 5.23. The molecule has 3 aromatic heterocycles. The zero-order valence-electron chi connectivity index (χ0n) is 17.0. The number of H-pyrrole nitrogens is 1. The predicted molar refractivity (Wildman–Crippen MR) is 115 cm³/mol. The number of fused-ring (bicyclic) bond motifs is 1. The summed E-state index contributed by atoms with van der Waals surface area (Å²) in [5.74, 6) is 0.281. The van der Waals surface area contributed by atoms with Gasteiger partial charge in [0.25, 0.3) is 5.91 Å². The largest absolute Gasteiger partial charge is 0.336 e. The number of carbonyl (C=O) groups excluding carboxylic acids is 1. The Hall–Kier alpha value is -3.61. The summed E-state index contributed by atoms with van der Waals surface area (Å²) in [7, 11) is 0. The molecule has 4 rings (SSSR count). The van der Waals surface area contributed by atoms with Gasteiger partial charge in [0, 0.05) is 17.5 Å². The first-order valence-electron chi connectivity index (χ1n) is 9.84. The number of nitrogens with one attached hydrogen (secondary N) is 2. The van der Waals surface area contributed by atoms with E-state index in [4.69, 9.17) is 0 Å². The molecule has 6 nitrogen and oxygen atoms in total. The summed E-state index contributed by atoms with van der Waals surface area (Å²) >= 11 is 0. The molecule has 2 N–H and O–H groups in total. The molecular formula is C23H22FN5O. The number of nitrogens with zero attached hydrogens (tertiary/aromatic N) is 3. The summed E-state index contributed by atoms with van der Waals surface area (Å²) in [6.45, 7) is 6.26. The molecule has 1 aromatic carbocycles. The smallest absolute Gasteiger partial charge is 0.258 e. The monoisotopic (exact) mass is 403 g/mol. The van der Waals surface area contributed by atoms with Crippen LogP contribution in [0.1, 0.15) is 47.8 Å². The number of aromatic nitrogens is 4. The summed E-state index contributed by atoms with van der Waals surface area (Å²) in [6, 6.07) is 9.55. The topological polar surface area (TPSA) is 83.6 Å². The van der Waals surface area contributed by atoms with Crippen LogP contribution in [0.5, 0.6) is 0 Å². The minimum Gasteiger partial charge on any atom is -0.336 e. The number of imidazole rings is 1. The van der Waals surface area contributed by atoms with Crippen LogP contribution in [0.25, 0.3) is 22.6 Å². The number of hydrogen-bond donors (Lipinski definition) is 2.